The van der Waals surface area contributed by atoms with Crippen LogP contribution in [0.1, 0.15) is 23.8 Å². The highest BCUT2D eigenvalue weighted by molar-refractivity contribution is 5.99. The van der Waals surface area contributed by atoms with E-state index in [1.807, 2.05) is 7.05 Å². The highest BCUT2D eigenvalue weighted by atomic mass is 16.5. The van der Waals surface area contributed by atoms with E-state index in [1.165, 1.54) is 0 Å². The number of hydrogen-bond donors (Lipinski definition) is 1. The lowest BCUT2D eigenvalue weighted by Gasteiger charge is -2.16. The molecule has 0 spiro atoms. The first-order valence-electron chi connectivity index (χ1n) is 6.61. The Kier molecular flexibility index (Phi) is 4.55. The molecular formula is C13H21N3O3. The van der Waals surface area contributed by atoms with Gasteiger partial charge in [0.2, 0.25) is 0 Å². The molecule has 1 aromatic rings. The van der Waals surface area contributed by atoms with E-state index in [0.29, 0.717) is 31.2 Å². The maximum Gasteiger partial charge on any atom is 0.191 e. The molecule has 0 radical (unpaired) electrons. The summed E-state index contributed by atoms with van der Waals surface area (Å²) in [5.41, 5.74) is 0.556. The van der Waals surface area contributed by atoms with Gasteiger partial charge < -0.3 is 14.8 Å². The van der Waals surface area contributed by atoms with E-state index in [9.17, 15) is 4.79 Å². The lowest BCUT2D eigenvalue weighted by atomic mass is 9.96. The highest BCUT2D eigenvalue weighted by Crippen LogP contribution is 2.25. The maximum atomic E-state index is 12.7. The van der Waals surface area contributed by atoms with Crippen molar-refractivity contribution in [2.75, 3.05) is 27.4 Å². The van der Waals surface area contributed by atoms with E-state index < -0.39 is 0 Å². The Morgan fingerprint density at radius 2 is 2.42 bits per heavy atom. The molecule has 2 rings (SSSR count). The van der Waals surface area contributed by atoms with Crippen LogP contribution < -0.4 is 10.1 Å². The number of hydrogen-bond acceptors (Lipinski definition) is 5. The maximum absolute atomic E-state index is 12.7. The topological polar surface area (TPSA) is 65.4 Å². The van der Waals surface area contributed by atoms with Crippen LogP contribution in [-0.4, -0.2) is 49.0 Å². The Bertz CT molecular complexity index is 444. The van der Waals surface area contributed by atoms with Gasteiger partial charge in [0.25, 0.3) is 0 Å². The smallest absolute Gasteiger partial charge is 0.191 e. The molecule has 1 saturated heterocycles. The summed E-state index contributed by atoms with van der Waals surface area (Å²) in [6.45, 7) is 3.78. The van der Waals surface area contributed by atoms with Gasteiger partial charge in [-0.2, -0.15) is 5.10 Å². The summed E-state index contributed by atoms with van der Waals surface area (Å²) in [5, 5.41) is 7.36. The molecule has 1 aliphatic rings. The average molecular weight is 267 g/mol. The van der Waals surface area contributed by atoms with E-state index in [0.717, 1.165) is 6.42 Å². The van der Waals surface area contributed by atoms with E-state index in [1.54, 1.807) is 18.0 Å². The van der Waals surface area contributed by atoms with Crippen LogP contribution in [0.2, 0.25) is 0 Å². The number of aromatic nitrogens is 2. The number of nitrogens with one attached hydrogen (secondary N) is 1. The summed E-state index contributed by atoms with van der Waals surface area (Å²) in [4.78, 5) is 12.7. The molecule has 1 aliphatic heterocycles. The summed E-state index contributed by atoms with van der Waals surface area (Å²) < 4.78 is 12.4. The monoisotopic (exact) mass is 267 g/mol. The van der Waals surface area contributed by atoms with Gasteiger partial charge in [0.1, 0.15) is 5.69 Å². The van der Waals surface area contributed by atoms with Crippen molar-refractivity contribution in [1.82, 2.24) is 15.1 Å². The number of nitrogens with zero attached hydrogens (tertiary/aromatic N) is 2. The summed E-state index contributed by atoms with van der Waals surface area (Å²) >= 11 is 0. The molecule has 6 nitrogen and oxygen atoms in total. The Hall–Kier alpha value is -1.40. The third-order valence-electron chi connectivity index (χ3n) is 3.48. The number of carbonyl (C=O) groups is 1. The van der Waals surface area contributed by atoms with Crippen LogP contribution in [0, 0.1) is 5.92 Å². The molecule has 0 aliphatic carbocycles. The third kappa shape index (κ3) is 2.64. The molecule has 0 aromatic carbocycles. The molecule has 106 valence electrons. The molecule has 0 amide bonds. The Morgan fingerprint density at radius 3 is 3.05 bits per heavy atom. The molecular weight excluding hydrogens is 246 g/mol. The van der Waals surface area contributed by atoms with Gasteiger partial charge in [-0.1, -0.05) is 6.92 Å². The van der Waals surface area contributed by atoms with Crippen molar-refractivity contribution in [3.63, 3.8) is 0 Å². The van der Waals surface area contributed by atoms with Crippen molar-refractivity contribution in [2.24, 2.45) is 5.92 Å². The van der Waals surface area contributed by atoms with Gasteiger partial charge in [0.15, 0.2) is 11.5 Å². The van der Waals surface area contributed by atoms with Crippen molar-refractivity contribution in [1.29, 1.82) is 0 Å². The van der Waals surface area contributed by atoms with E-state index in [2.05, 4.69) is 17.3 Å². The highest BCUT2D eigenvalue weighted by Gasteiger charge is 2.36. The van der Waals surface area contributed by atoms with Crippen LogP contribution >= 0.6 is 0 Å². The first kappa shape index (κ1) is 14.0. The van der Waals surface area contributed by atoms with Crippen molar-refractivity contribution >= 4 is 5.78 Å². The number of ether oxygens (including phenoxy) is 2. The van der Waals surface area contributed by atoms with Crippen LogP contribution in [0.25, 0.3) is 0 Å². The summed E-state index contributed by atoms with van der Waals surface area (Å²) in [6, 6.07) is 0.0576. The van der Waals surface area contributed by atoms with Crippen molar-refractivity contribution in [3.8, 4) is 5.75 Å². The van der Waals surface area contributed by atoms with Gasteiger partial charge in [-0.25, -0.2) is 0 Å². The van der Waals surface area contributed by atoms with Crippen LogP contribution in [0.4, 0.5) is 0 Å². The minimum absolute atomic E-state index is 0.0413. The Morgan fingerprint density at radius 1 is 1.63 bits per heavy atom. The second-order valence-corrected chi connectivity index (χ2v) is 4.69. The van der Waals surface area contributed by atoms with Crippen molar-refractivity contribution in [2.45, 2.75) is 25.9 Å². The zero-order valence-corrected chi connectivity index (χ0v) is 11.7. The second-order valence-electron chi connectivity index (χ2n) is 4.69. The largest absolute Gasteiger partial charge is 0.493 e. The Balaban J connectivity index is 2.29. The number of methoxy groups -OCH3 is 1. The summed E-state index contributed by atoms with van der Waals surface area (Å²) in [6.07, 6.45) is 2.52. The normalized spacial score (nSPS) is 22.7. The number of rotatable bonds is 6. The second kappa shape index (κ2) is 6.16. The number of carbonyl (C=O) groups excluding carboxylic acids is 1. The summed E-state index contributed by atoms with van der Waals surface area (Å²) in [5.74, 6) is 0.408. The average Bonchev–Trinajstić information content (AvgIpc) is 3.04. The number of aryl methyl sites for hydroxylation is 1. The number of Topliss-reactive ketones (excluding diaryl/α,β-unsaturated/α-hetero) is 1. The molecule has 1 N–H and O–H groups in total. The van der Waals surface area contributed by atoms with Crippen molar-refractivity contribution in [3.05, 3.63) is 11.9 Å². The van der Waals surface area contributed by atoms with Crippen LogP contribution in [0.3, 0.4) is 0 Å². The summed E-state index contributed by atoms with van der Waals surface area (Å²) in [7, 11) is 3.41. The third-order valence-corrected chi connectivity index (χ3v) is 3.48. The fraction of sp³-hybridized carbons (Fsp3) is 0.692. The lowest BCUT2D eigenvalue weighted by Crippen LogP contribution is -2.37. The molecule has 0 bridgehead atoms. The van der Waals surface area contributed by atoms with Gasteiger partial charge in [-0.05, 0) is 13.5 Å². The molecule has 0 saturated carbocycles. The number of likely N-dealkylation sites (N-methyl/N-ethyl adjacent to an activating group) is 1. The molecule has 6 heteroatoms. The SMILES string of the molecule is CCCn1ncc(OC)c1C(=O)C1COCC1NC. The van der Waals surface area contributed by atoms with Gasteiger partial charge in [0, 0.05) is 12.6 Å². The molecule has 2 heterocycles. The predicted octanol–water partition coefficient (Wildman–Crippen LogP) is 0.719. The molecule has 2 unspecified atom stereocenters. The van der Waals surface area contributed by atoms with Crippen LogP contribution in [-0.2, 0) is 11.3 Å². The van der Waals surface area contributed by atoms with E-state index in [-0.39, 0.29) is 17.7 Å². The fourth-order valence-corrected chi connectivity index (χ4v) is 2.42. The van der Waals surface area contributed by atoms with Crippen LogP contribution in [0.15, 0.2) is 6.20 Å². The molecule has 1 fully saturated rings. The first-order valence-corrected chi connectivity index (χ1v) is 6.61. The lowest BCUT2D eigenvalue weighted by molar-refractivity contribution is 0.0878. The predicted molar refractivity (Wildman–Crippen MR) is 70.6 cm³/mol. The number of ketones is 1. The first-order chi connectivity index (χ1) is 9.22. The minimum atomic E-state index is -0.175. The molecule has 2 atom stereocenters. The van der Waals surface area contributed by atoms with Crippen LogP contribution in [0.5, 0.6) is 5.75 Å². The quantitative estimate of drug-likeness (QED) is 0.769. The fourth-order valence-electron chi connectivity index (χ4n) is 2.42. The molecule has 1 aromatic heterocycles. The standard InChI is InChI=1S/C13H21N3O3/c1-4-5-16-12(11(18-3)6-15-16)13(17)9-7-19-8-10(9)14-2/h6,9-10,14H,4-5,7-8H2,1-3H3. The Labute approximate surface area is 113 Å². The van der Waals surface area contributed by atoms with E-state index >= 15 is 0 Å². The zero-order chi connectivity index (χ0) is 13.8. The van der Waals surface area contributed by atoms with Gasteiger partial charge in [-0.15, -0.1) is 0 Å². The van der Waals surface area contributed by atoms with Gasteiger partial charge >= 0.3 is 0 Å². The minimum Gasteiger partial charge on any atom is -0.493 e. The van der Waals surface area contributed by atoms with E-state index in [4.69, 9.17) is 9.47 Å². The molecule has 19 heavy (non-hydrogen) atoms. The van der Waals surface area contributed by atoms with Gasteiger partial charge in [-0.3, -0.25) is 9.48 Å². The van der Waals surface area contributed by atoms with Crippen molar-refractivity contribution < 1.29 is 14.3 Å². The zero-order valence-electron chi connectivity index (χ0n) is 11.7. The van der Waals surface area contributed by atoms with Gasteiger partial charge in [0.05, 0.1) is 32.4 Å².